The fourth-order valence-corrected chi connectivity index (χ4v) is 5.51. The second-order valence-electron chi connectivity index (χ2n) is 6.30. The molecule has 1 N–H and O–H groups in total. The van der Waals surface area contributed by atoms with Crippen LogP contribution in [0, 0.1) is 5.13 Å². The minimum Gasteiger partial charge on any atom is -0.300 e. The highest BCUT2D eigenvalue weighted by Gasteiger charge is 2.38. The minimum absolute atomic E-state index is 0.133. The van der Waals surface area contributed by atoms with Gasteiger partial charge in [-0.1, -0.05) is 22.9 Å². The average molecular weight is 429 g/mol. The predicted molar refractivity (Wildman–Crippen MR) is 100 cm³/mol. The molecule has 2 heterocycles. The molecule has 1 saturated carbocycles. The molecular formula is C16H14ClFN4O3S2. The molecule has 1 fully saturated rings. The number of carbonyl (C=O) groups is 1. The van der Waals surface area contributed by atoms with Crippen molar-refractivity contribution in [1.82, 2.24) is 14.8 Å². The van der Waals surface area contributed by atoms with Gasteiger partial charge in [-0.05, 0) is 31.9 Å². The molecule has 1 atom stereocenters. The lowest BCUT2D eigenvalue weighted by Gasteiger charge is -2.13. The number of sulfone groups is 1. The number of fused-ring (bicyclic) bond motifs is 1. The second kappa shape index (κ2) is 6.54. The third-order valence-electron chi connectivity index (χ3n) is 4.37. The van der Waals surface area contributed by atoms with Crippen LogP contribution in [0.3, 0.4) is 0 Å². The molecule has 0 unspecified atom stereocenters. The molecule has 0 bridgehead atoms. The van der Waals surface area contributed by atoms with E-state index in [1.54, 1.807) is 13.0 Å². The molecule has 11 heteroatoms. The highest BCUT2D eigenvalue weighted by Crippen LogP contribution is 2.38. The Bertz CT molecular complexity index is 1150. The molecule has 1 amide bonds. The first-order valence-electron chi connectivity index (χ1n) is 8.10. The van der Waals surface area contributed by atoms with Crippen LogP contribution in [-0.2, 0) is 14.6 Å². The van der Waals surface area contributed by atoms with Gasteiger partial charge < -0.3 is 5.32 Å². The molecule has 0 spiro atoms. The van der Waals surface area contributed by atoms with Gasteiger partial charge in [-0.2, -0.15) is 9.49 Å². The highest BCUT2D eigenvalue weighted by molar-refractivity contribution is 7.92. The molecule has 0 saturated heterocycles. The summed E-state index contributed by atoms with van der Waals surface area (Å²) < 4.78 is 39.8. The second-order valence-corrected chi connectivity index (χ2v) is 9.92. The zero-order valence-corrected chi connectivity index (χ0v) is 16.4. The van der Waals surface area contributed by atoms with Crippen molar-refractivity contribution in [1.29, 1.82) is 0 Å². The number of rotatable bonds is 5. The van der Waals surface area contributed by atoms with Gasteiger partial charge >= 0.3 is 0 Å². The lowest BCUT2D eigenvalue weighted by atomic mass is 10.2. The van der Waals surface area contributed by atoms with Gasteiger partial charge in [-0.15, -0.1) is 0 Å². The number of amides is 1. The SMILES string of the molecule is C[C@H](C(=O)Nc1ncc(F)s1)n1ncc2c(S(=O)(=O)C3CC3)cc(Cl)cc21. The molecule has 1 aliphatic rings. The third kappa shape index (κ3) is 3.32. The van der Waals surface area contributed by atoms with Crippen LogP contribution in [0.1, 0.15) is 25.8 Å². The van der Waals surface area contributed by atoms with Gasteiger partial charge in [0.1, 0.15) is 6.04 Å². The maximum Gasteiger partial charge on any atom is 0.250 e. The van der Waals surface area contributed by atoms with E-state index in [2.05, 4.69) is 15.4 Å². The molecule has 7 nitrogen and oxygen atoms in total. The third-order valence-corrected chi connectivity index (χ3v) is 7.59. The standard InChI is InChI=1S/C16H14ClFN4O3S2/c1-8(15(23)21-16-19-7-14(18)26-16)22-12-4-9(17)5-13(11(12)6-20-22)27(24,25)10-2-3-10/h4-8,10H,2-3H2,1H3,(H,19,21,23)/t8-/m1/s1. The van der Waals surface area contributed by atoms with Gasteiger partial charge in [0.15, 0.2) is 20.1 Å². The number of aromatic nitrogens is 3. The van der Waals surface area contributed by atoms with Gasteiger partial charge in [0.2, 0.25) is 0 Å². The summed E-state index contributed by atoms with van der Waals surface area (Å²) in [6.45, 7) is 1.60. The summed E-state index contributed by atoms with van der Waals surface area (Å²) in [5.41, 5.74) is 0.440. The van der Waals surface area contributed by atoms with Gasteiger partial charge in [0, 0.05) is 10.4 Å². The number of halogens is 2. The van der Waals surface area contributed by atoms with Crippen LogP contribution in [0.2, 0.25) is 5.02 Å². The molecular weight excluding hydrogens is 415 g/mol. The topological polar surface area (TPSA) is 93.9 Å². The largest absolute Gasteiger partial charge is 0.300 e. The summed E-state index contributed by atoms with van der Waals surface area (Å²) in [4.78, 5) is 16.4. The van der Waals surface area contributed by atoms with Crippen LogP contribution < -0.4 is 5.32 Å². The number of carbonyl (C=O) groups excluding carboxylic acids is 1. The number of nitrogens with zero attached hydrogens (tertiary/aromatic N) is 3. The van der Waals surface area contributed by atoms with E-state index in [0.717, 1.165) is 6.20 Å². The molecule has 0 aliphatic heterocycles. The molecule has 27 heavy (non-hydrogen) atoms. The fourth-order valence-electron chi connectivity index (χ4n) is 2.82. The lowest BCUT2D eigenvalue weighted by molar-refractivity contribution is -0.119. The average Bonchev–Trinajstić information content (AvgIpc) is 3.29. The van der Waals surface area contributed by atoms with Crippen LogP contribution in [0.15, 0.2) is 29.4 Å². The minimum atomic E-state index is -3.48. The number of hydrogen-bond acceptors (Lipinski definition) is 6. The Hall–Kier alpha value is -2.04. The zero-order valence-electron chi connectivity index (χ0n) is 14.0. The number of nitrogens with one attached hydrogen (secondary N) is 1. The smallest absolute Gasteiger partial charge is 0.250 e. The maximum atomic E-state index is 13.0. The van der Waals surface area contributed by atoms with E-state index < -0.39 is 26.9 Å². The molecule has 3 aromatic rings. The Morgan fingerprint density at radius 2 is 2.15 bits per heavy atom. The number of anilines is 1. The van der Waals surface area contributed by atoms with E-state index >= 15 is 0 Å². The van der Waals surface area contributed by atoms with E-state index in [9.17, 15) is 17.6 Å². The van der Waals surface area contributed by atoms with Crippen molar-refractivity contribution >= 4 is 54.7 Å². The van der Waals surface area contributed by atoms with E-state index in [4.69, 9.17) is 11.6 Å². The van der Waals surface area contributed by atoms with E-state index in [1.807, 2.05) is 0 Å². The van der Waals surface area contributed by atoms with Crippen molar-refractivity contribution in [2.24, 2.45) is 0 Å². The van der Waals surface area contributed by atoms with Crippen LogP contribution in [-0.4, -0.2) is 34.3 Å². The number of benzene rings is 1. The van der Waals surface area contributed by atoms with Crippen LogP contribution in [0.4, 0.5) is 9.52 Å². The van der Waals surface area contributed by atoms with E-state index in [1.165, 1.54) is 16.9 Å². The molecule has 1 aromatic carbocycles. The Morgan fingerprint density at radius 3 is 2.78 bits per heavy atom. The van der Waals surface area contributed by atoms with Crippen molar-refractivity contribution in [3.05, 3.63) is 34.7 Å². The number of hydrogen-bond donors (Lipinski definition) is 1. The maximum absolute atomic E-state index is 13.0. The summed E-state index contributed by atoms with van der Waals surface area (Å²) in [6.07, 6.45) is 3.71. The van der Waals surface area contributed by atoms with Crippen molar-refractivity contribution in [2.75, 3.05) is 5.32 Å². The normalized spacial score (nSPS) is 15.8. The first-order valence-corrected chi connectivity index (χ1v) is 10.8. The van der Waals surface area contributed by atoms with Gasteiger partial charge in [0.25, 0.3) is 5.91 Å². The Balaban J connectivity index is 1.72. The van der Waals surface area contributed by atoms with Gasteiger partial charge in [-0.25, -0.2) is 13.4 Å². The zero-order chi connectivity index (χ0) is 19.3. The Kier molecular flexibility index (Phi) is 4.44. The van der Waals surface area contributed by atoms with Crippen LogP contribution >= 0.6 is 22.9 Å². The van der Waals surface area contributed by atoms with E-state index in [0.29, 0.717) is 35.1 Å². The lowest BCUT2D eigenvalue weighted by Crippen LogP contribution is -2.24. The molecule has 1 aliphatic carbocycles. The first-order chi connectivity index (χ1) is 12.8. The van der Waals surface area contributed by atoms with Gasteiger partial charge in [-0.3, -0.25) is 9.48 Å². The summed E-state index contributed by atoms with van der Waals surface area (Å²) >= 11 is 6.86. The summed E-state index contributed by atoms with van der Waals surface area (Å²) in [5, 5.41) is 6.63. The summed E-state index contributed by atoms with van der Waals surface area (Å²) in [7, 11) is -3.48. The Morgan fingerprint density at radius 1 is 1.41 bits per heavy atom. The predicted octanol–water partition coefficient (Wildman–Crippen LogP) is 3.42. The van der Waals surface area contributed by atoms with Crippen molar-refractivity contribution < 1.29 is 17.6 Å². The van der Waals surface area contributed by atoms with Crippen molar-refractivity contribution in [2.45, 2.75) is 36.0 Å². The monoisotopic (exact) mass is 428 g/mol. The van der Waals surface area contributed by atoms with Crippen LogP contribution in [0.25, 0.3) is 10.9 Å². The van der Waals surface area contributed by atoms with Gasteiger partial charge in [0.05, 0.1) is 28.1 Å². The first kappa shape index (κ1) is 18.3. The van der Waals surface area contributed by atoms with Crippen molar-refractivity contribution in [3.63, 3.8) is 0 Å². The quantitative estimate of drug-likeness (QED) is 0.672. The number of thiazole rings is 1. The molecule has 4 rings (SSSR count). The van der Waals surface area contributed by atoms with Crippen molar-refractivity contribution in [3.8, 4) is 0 Å². The molecule has 142 valence electrons. The highest BCUT2D eigenvalue weighted by atomic mass is 35.5. The summed E-state index contributed by atoms with van der Waals surface area (Å²) in [6, 6.07) is 2.21. The molecule has 2 aromatic heterocycles. The molecule has 0 radical (unpaired) electrons. The van der Waals surface area contributed by atoms with E-state index in [-0.39, 0.29) is 20.3 Å². The Labute approximate surface area is 163 Å². The summed E-state index contributed by atoms with van der Waals surface area (Å²) in [5.74, 6) is -0.457. The van der Waals surface area contributed by atoms with Crippen LogP contribution in [0.5, 0.6) is 0 Å². The fraction of sp³-hybridized carbons (Fsp3) is 0.312.